The lowest BCUT2D eigenvalue weighted by molar-refractivity contribution is 0.0762. The van der Waals surface area contributed by atoms with Gasteiger partial charge in [-0.25, -0.2) is 4.98 Å². The largest absolute Gasteiger partial charge is 0.375 e. The molecule has 1 aromatic heterocycles. The fourth-order valence-electron chi connectivity index (χ4n) is 2.01. The number of carbonyl (C=O) groups is 1. The van der Waals surface area contributed by atoms with Gasteiger partial charge in [-0.05, 0) is 31.5 Å². The van der Waals surface area contributed by atoms with Crippen molar-refractivity contribution >= 4 is 32.6 Å². The number of hydrogen-bond acceptors (Lipinski definition) is 4. The van der Waals surface area contributed by atoms with Crippen molar-refractivity contribution in [1.29, 1.82) is 0 Å². The van der Waals surface area contributed by atoms with E-state index >= 15 is 0 Å². The second-order valence-corrected chi connectivity index (χ2v) is 5.54. The molecule has 0 fully saturated rings. The summed E-state index contributed by atoms with van der Waals surface area (Å²) in [6.45, 7) is 5.69. The molecule has 2 N–H and O–H groups in total. The minimum absolute atomic E-state index is 0.0878. The maximum atomic E-state index is 12.4. The number of carbonyl (C=O) groups excluding carboxylic acids is 1. The van der Waals surface area contributed by atoms with Crippen LogP contribution in [0.3, 0.4) is 0 Å². The second kappa shape index (κ2) is 6.02. The van der Waals surface area contributed by atoms with E-state index in [9.17, 15) is 4.79 Å². The molecule has 0 aliphatic carbocycles. The van der Waals surface area contributed by atoms with Crippen molar-refractivity contribution in [1.82, 2.24) is 9.88 Å². The minimum atomic E-state index is 0.0878. The number of anilines is 1. The molecule has 0 atom stereocenters. The van der Waals surface area contributed by atoms with Crippen LogP contribution in [-0.4, -0.2) is 28.9 Å². The summed E-state index contributed by atoms with van der Waals surface area (Å²) in [6, 6.07) is 5.59. The first-order valence-electron chi connectivity index (χ1n) is 6.61. The first kappa shape index (κ1) is 13.8. The Kier molecular flexibility index (Phi) is 4.37. The van der Waals surface area contributed by atoms with Crippen LogP contribution >= 0.6 is 11.3 Å². The Bertz CT molecular complexity index is 579. The summed E-state index contributed by atoms with van der Waals surface area (Å²) in [4.78, 5) is 18.5. The predicted octanol–water partition coefficient (Wildman–Crippen LogP) is 3.14. The van der Waals surface area contributed by atoms with Crippen LogP contribution in [-0.2, 0) is 0 Å². The minimum Gasteiger partial charge on any atom is -0.375 e. The first-order valence-corrected chi connectivity index (χ1v) is 7.42. The lowest BCUT2D eigenvalue weighted by atomic mass is 10.2. The quantitative estimate of drug-likeness (QED) is 0.913. The Morgan fingerprint density at radius 3 is 2.89 bits per heavy atom. The lowest BCUT2D eigenvalue weighted by Crippen LogP contribution is -2.31. The van der Waals surface area contributed by atoms with Crippen molar-refractivity contribution in [3.63, 3.8) is 0 Å². The number of hydrogen-bond donors (Lipinski definition) is 1. The van der Waals surface area contributed by atoms with Crippen LogP contribution in [0.4, 0.5) is 5.13 Å². The van der Waals surface area contributed by atoms with Gasteiger partial charge in [0, 0.05) is 18.7 Å². The van der Waals surface area contributed by atoms with E-state index in [1.165, 1.54) is 11.3 Å². The highest BCUT2D eigenvalue weighted by atomic mass is 32.1. The molecule has 0 saturated heterocycles. The van der Waals surface area contributed by atoms with E-state index in [1.807, 2.05) is 30.0 Å². The zero-order chi connectivity index (χ0) is 13.8. The van der Waals surface area contributed by atoms with Gasteiger partial charge in [0.25, 0.3) is 5.91 Å². The SMILES string of the molecule is CCCCN(CC)C(=O)c1ccc2nc(N)sc2c1. The van der Waals surface area contributed by atoms with Gasteiger partial charge in [-0.1, -0.05) is 24.7 Å². The Balaban J connectivity index is 2.24. The predicted molar refractivity (Wildman–Crippen MR) is 80.5 cm³/mol. The number of unbranched alkanes of at least 4 members (excludes halogenated alkanes) is 1. The van der Waals surface area contributed by atoms with Gasteiger partial charge in [-0.15, -0.1) is 0 Å². The molecule has 1 heterocycles. The number of fused-ring (bicyclic) bond motifs is 1. The molecule has 0 bridgehead atoms. The van der Waals surface area contributed by atoms with Crippen LogP contribution in [0.25, 0.3) is 10.2 Å². The number of nitrogens with zero attached hydrogens (tertiary/aromatic N) is 2. The van der Waals surface area contributed by atoms with E-state index in [-0.39, 0.29) is 5.91 Å². The van der Waals surface area contributed by atoms with E-state index in [0.29, 0.717) is 10.7 Å². The molecule has 0 saturated carbocycles. The van der Waals surface area contributed by atoms with Crippen LogP contribution in [0.15, 0.2) is 18.2 Å². The van der Waals surface area contributed by atoms with Gasteiger partial charge in [-0.2, -0.15) is 0 Å². The number of aromatic nitrogens is 1. The summed E-state index contributed by atoms with van der Waals surface area (Å²) < 4.78 is 0.967. The molecular weight excluding hydrogens is 258 g/mol. The van der Waals surface area contributed by atoms with Gasteiger partial charge >= 0.3 is 0 Å². The normalized spacial score (nSPS) is 10.8. The van der Waals surface area contributed by atoms with Crippen molar-refractivity contribution in [3.8, 4) is 0 Å². The zero-order valence-corrected chi connectivity index (χ0v) is 12.2. The molecule has 19 heavy (non-hydrogen) atoms. The standard InChI is InChI=1S/C14H19N3OS/c1-3-5-8-17(4-2)13(18)10-6-7-11-12(9-10)19-14(15)16-11/h6-7,9H,3-5,8H2,1-2H3,(H2,15,16). The Hall–Kier alpha value is -1.62. The number of benzene rings is 1. The molecule has 4 nitrogen and oxygen atoms in total. The molecule has 1 amide bonds. The third-order valence-corrected chi connectivity index (χ3v) is 3.95. The summed E-state index contributed by atoms with van der Waals surface area (Å²) in [7, 11) is 0. The molecule has 0 unspecified atom stereocenters. The number of nitrogen functional groups attached to an aromatic ring is 1. The van der Waals surface area contributed by atoms with Gasteiger partial charge in [0.05, 0.1) is 10.2 Å². The zero-order valence-electron chi connectivity index (χ0n) is 11.3. The van der Waals surface area contributed by atoms with Crippen molar-refractivity contribution < 1.29 is 4.79 Å². The van der Waals surface area contributed by atoms with E-state index in [4.69, 9.17) is 5.73 Å². The number of thiazole rings is 1. The molecule has 2 aromatic rings. The average Bonchev–Trinajstić information content (AvgIpc) is 2.78. The third kappa shape index (κ3) is 3.04. The fourth-order valence-corrected chi connectivity index (χ4v) is 2.78. The van der Waals surface area contributed by atoms with E-state index in [1.54, 1.807) is 0 Å². The molecule has 102 valence electrons. The number of nitrogens with two attached hydrogens (primary N) is 1. The van der Waals surface area contributed by atoms with Crippen LogP contribution in [0.2, 0.25) is 0 Å². The van der Waals surface area contributed by atoms with Crippen LogP contribution in [0.5, 0.6) is 0 Å². The molecular formula is C14H19N3OS. The van der Waals surface area contributed by atoms with Gasteiger partial charge in [0.15, 0.2) is 5.13 Å². The second-order valence-electron chi connectivity index (χ2n) is 4.47. The van der Waals surface area contributed by atoms with Crippen molar-refractivity contribution in [2.24, 2.45) is 0 Å². The number of rotatable bonds is 5. The maximum Gasteiger partial charge on any atom is 0.253 e. The van der Waals surface area contributed by atoms with E-state index < -0.39 is 0 Å². The molecule has 0 radical (unpaired) electrons. The van der Waals surface area contributed by atoms with Crippen molar-refractivity contribution in [2.45, 2.75) is 26.7 Å². The highest BCUT2D eigenvalue weighted by Gasteiger charge is 2.14. The molecule has 0 aliphatic heterocycles. The molecule has 0 spiro atoms. The van der Waals surface area contributed by atoms with Crippen molar-refractivity contribution in [3.05, 3.63) is 23.8 Å². The van der Waals surface area contributed by atoms with Crippen molar-refractivity contribution in [2.75, 3.05) is 18.8 Å². The highest BCUT2D eigenvalue weighted by molar-refractivity contribution is 7.22. The van der Waals surface area contributed by atoms with Gasteiger partial charge in [-0.3, -0.25) is 4.79 Å². The molecule has 0 aliphatic rings. The highest BCUT2D eigenvalue weighted by Crippen LogP contribution is 2.25. The summed E-state index contributed by atoms with van der Waals surface area (Å²) in [5, 5.41) is 0.540. The fraction of sp³-hybridized carbons (Fsp3) is 0.429. The first-order chi connectivity index (χ1) is 9.15. The Morgan fingerprint density at radius 1 is 1.42 bits per heavy atom. The van der Waals surface area contributed by atoms with Gasteiger partial charge < -0.3 is 10.6 Å². The Labute approximate surface area is 117 Å². The van der Waals surface area contributed by atoms with Crippen LogP contribution < -0.4 is 5.73 Å². The summed E-state index contributed by atoms with van der Waals surface area (Å²) in [5.74, 6) is 0.0878. The summed E-state index contributed by atoms with van der Waals surface area (Å²) >= 11 is 1.42. The van der Waals surface area contributed by atoms with Crippen LogP contribution in [0.1, 0.15) is 37.0 Å². The smallest absolute Gasteiger partial charge is 0.253 e. The van der Waals surface area contributed by atoms with E-state index in [2.05, 4.69) is 11.9 Å². The van der Waals surface area contributed by atoms with Gasteiger partial charge in [0.1, 0.15) is 0 Å². The third-order valence-electron chi connectivity index (χ3n) is 3.10. The molecule has 5 heteroatoms. The van der Waals surface area contributed by atoms with Crippen LogP contribution in [0, 0.1) is 0 Å². The number of amides is 1. The molecule has 1 aromatic carbocycles. The maximum absolute atomic E-state index is 12.4. The van der Waals surface area contributed by atoms with Gasteiger partial charge in [0.2, 0.25) is 0 Å². The molecule has 2 rings (SSSR count). The summed E-state index contributed by atoms with van der Waals surface area (Å²) in [5.41, 5.74) is 7.25. The Morgan fingerprint density at radius 2 is 2.21 bits per heavy atom. The lowest BCUT2D eigenvalue weighted by Gasteiger charge is -2.20. The topological polar surface area (TPSA) is 59.2 Å². The monoisotopic (exact) mass is 277 g/mol. The summed E-state index contributed by atoms with van der Waals surface area (Å²) in [6.07, 6.45) is 2.13. The average molecular weight is 277 g/mol. The van der Waals surface area contributed by atoms with E-state index in [0.717, 1.165) is 36.1 Å².